The standard InChI is InChI=1S/C44H24N4O/c1-5-18-33-31(14-1)41(32-17-9-16-30-27-13-4-8-22-38(27)49-43(30)32)46-44(45-33)48-36-21-10-15-28-25-11-2-6-19-34(25)47-35-20-7-3-12-26(35)29-23-24-37(48)40(39(28)36)42(29)47/h1-24H. The minimum absolute atomic E-state index is 0.634. The second kappa shape index (κ2) is 9.00. The van der Waals surface area contributed by atoms with Crippen molar-refractivity contribution in [2.75, 3.05) is 0 Å². The third-order valence-corrected chi connectivity index (χ3v) is 10.5. The summed E-state index contributed by atoms with van der Waals surface area (Å²) < 4.78 is 11.3. The Kier molecular flexibility index (Phi) is 4.66. The predicted octanol–water partition coefficient (Wildman–Crippen LogP) is 11.4. The Labute approximate surface area is 278 Å². The Morgan fingerprint density at radius 3 is 1.92 bits per heavy atom. The minimum Gasteiger partial charge on any atom is -0.455 e. The molecule has 0 aliphatic rings. The van der Waals surface area contributed by atoms with E-state index < -0.39 is 0 Å². The van der Waals surface area contributed by atoms with Crippen molar-refractivity contribution in [2.45, 2.75) is 0 Å². The van der Waals surface area contributed by atoms with Gasteiger partial charge in [-0.15, -0.1) is 0 Å². The molecule has 0 radical (unpaired) electrons. The van der Waals surface area contributed by atoms with Crippen LogP contribution in [-0.4, -0.2) is 18.9 Å². The molecule has 0 N–H and O–H groups in total. The third kappa shape index (κ3) is 3.15. The molecule has 0 fully saturated rings. The average Bonchev–Trinajstić information content (AvgIpc) is 3.79. The normalized spacial score (nSPS) is 12.5. The van der Waals surface area contributed by atoms with Crippen LogP contribution in [0.2, 0.25) is 0 Å². The van der Waals surface area contributed by atoms with E-state index in [0.717, 1.165) is 55.1 Å². The molecule has 5 nitrogen and oxygen atoms in total. The van der Waals surface area contributed by atoms with Gasteiger partial charge in [-0.05, 0) is 47.9 Å². The Bertz CT molecular complexity index is 3340. The smallest absolute Gasteiger partial charge is 0.235 e. The van der Waals surface area contributed by atoms with Crippen molar-refractivity contribution in [1.29, 1.82) is 0 Å². The highest BCUT2D eigenvalue weighted by Crippen LogP contribution is 2.45. The number of hydrogen-bond donors (Lipinski definition) is 0. The first kappa shape index (κ1) is 25.4. The van der Waals surface area contributed by atoms with E-state index in [1.165, 1.54) is 48.9 Å². The van der Waals surface area contributed by atoms with Crippen LogP contribution in [0.3, 0.4) is 0 Å². The van der Waals surface area contributed by atoms with Gasteiger partial charge in [0.25, 0.3) is 0 Å². The topological polar surface area (TPSA) is 48.3 Å². The van der Waals surface area contributed by atoms with Crippen molar-refractivity contribution in [2.24, 2.45) is 0 Å². The molecule has 0 unspecified atom stereocenters. The molecule has 49 heavy (non-hydrogen) atoms. The largest absolute Gasteiger partial charge is 0.455 e. The molecule has 0 saturated heterocycles. The van der Waals surface area contributed by atoms with Crippen LogP contribution in [0.15, 0.2) is 150 Å². The van der Waals surface area contributed by atoms with Gasteiger partial charge in [0.1, 0.15) is 11.2 Å². The number of benzene rings is 7. The number of furan rings is 1. The summed E-state index contributed by atoms with van der Waals surface area (Å²) in [5.41, 5.74) is 10.2. The fourth-order valence-electron chi connectivity index (χ4n) is 8.49. The molecule has 5 heteroatoms. The van der Waals surface area contributed by atoms with E-state index in [9.17, 15) is 0 Å². The second-order valence-electron chi connectivity index (χ2n) is 12.9. The molecule has 0 amide bonds. The van der Waals surface area contributed by atoms with Crippen molar-refractivity contribution in [3.8, 4) is 17.2 Å². The van der Waals surface area contributed by atoms with E-state index in [0.29, 0.717) is 5.95 Å². The van der Waals surface area contributed by atoms with E-state index in [2.05, 4.69) is 136 Å². The number of fused-ring (bicyclic) bond motifs is 10. The fourth-order valence-corrected chi connectivity index (χ4v) is 8.49. The van der Waals surface area contributed by atoms with Crippen molar-refractivity contribution in [1.82, 2.24) is 18.9 Å². The van der Waals surface area contributed by atoms with Crippen molar-refractivity contribution in [3.63, 3.8) is 0 Å². The summed E-state index contributed by atoms with van der Waals surface area (Å²) in [7, 11) is 0. The first-order chi connectivity index (χ1) is 24.3. The molecule has 0 aliphatic carbocycles. The lowest BCUT2D eigenvalue weighted by Gasteiger charge is -2.12. The lowest BCUT2D eigenvalue weighted by Crippen LogP contribution is -2.03. The van der Waals surface area contributed by atoms with Crippen LogP contribution in [0.4, 0.5) is 0 Å². The number of para-hydroxylation sites is 5. The molecule has 0 saturated carbocycles. The molecule has 0 spiro atoms. The van der Waals surface area contributed by atoms with Gasteiger partial charge >= 0.3 is 0 Å². The van der Waals surface area contributed by atoms with Crippen molar-refractivity contribution in [3.05, 3.63) is 146 Å². The molecule has 7 aromatic carbocycles. The number of hydrogen-bond acceptors (Lipinski definition) is 3. The molecule has 5 aromatic heterocycles. The maximum Gasteiger partial charge on any atom is 0.235 e. The van der Waals surface area contributed by atoms with Crippen LogP contribution >= 0.6 is 0 Å². The van der Waals surface area contributed by atoms with Gasteiger partial charge in [-0.2, -0.15) is 0 Å². The SMILES string of the molecule is c1ccc2c(-c3cccc4c3oc3ccccc34)nc(-n3c4cccc5c6ccccc6n6c7ccccc7c7ccc3c(c54)c76)nc2c1. The van der Waals surface area contributed by atoms with Crippen LogP contribution in [-0.2, 0) is 0 Å². The van der Waals surface area contributed by atoms with Crippen LogP contribution in [0.1, 0.15) is 0 Å². The van der Waals surface area contributed by atoms with Crippen LogP contribution < -0.4 is 0 Å². The van der Waals surface area contributed by atoms with E-state index >= 15 is 0 Å². The minimum atomic E-state index is 0.634. The van der Waals surface area contributed by atoms with Crippen molar-refractivity contribution >= 4 is 92.7 Å². The lowest BCUT2D eigenvalue weighted by molar-refractivity contribution is 0.670. The molecule has 226 valence electrons. The summed E-state index contributed by atoms with van der Waals surface area (Å²) in [4.78, 5) is 10.7. The highest BCUT2D eigenvalue weighted by Gasteiger charge is 2.25. The zero-order valence-corrected chi connectivity index (χ0v) is 26.1. The molecule has 0 atom stereocenters. The van der Waals surface area contributed by atoms with Crippen LogP contribution in [0, 0.1) is 0 Å². The zero-order valence-electron chi connectivity index (χ0n) is 26.1. The third-order valence-electron chi connectivity index (χ3n) is 10.5. The van der Waals surface area contributed by atoms with E-state index in [1.54, 1.807) is 0 Å². The summed E-state index contributed by atoms with van der Waals surface area (Å²) in [5, 5.41) is 10.5. The fraction of sp³-hybridized carbons (Fsp3) is 0. The van der Waals surface area contributed by atoms with Gasteiger partial charge < -0.3 is 8.82 Å². The molecule has 0 bridgehead atoms. The highest BCUT2D eigenvalue weighted by molar-refractivity contribution is 6.33. The number of aromatic nitrogens is 4. The molecule has 0 aliphatic heterocycles. The van der Waals surface area contributed by atoms with Gasteiger partial charge in [0.15, 0.2) is 0 Å². The first-order valence-electron chi connectivity index (χ1n) is 16.6. The van der Waals surface area contributed by atoms with Gasteiger partial charge in [0, 0.05) is 48.7 Å². The van der Waals surface area contributed by atoms with Crippen LogP contribution in [0.25, 0.3) is 110 Å². The molecular formula is C44H24N4O. The molecule has 12 aromatic rings. The summed E-state index contributed by atoms with van der Waals surface area (Å²) >= 11 is 0. The Morgan fingerprint density at radius 2 is 1.06 bits per heavy atom. The van der Waals surface area contributed by atoms with E-state index in [-0.39, 0.29) is 0 Å². The first-order valence-corrected chi connectivity index (χ1v) is 16.6. The van der Waals surface area contributed by atoms with Crippen molar-refractivity contribution < 1.29 is 4.42 Å². The summed E-state index contributed by atoms with van der Waals surface area (Å²) in [6.45, 7) is 0. The Hall–Kier alpha value is -6.72. The molecule has 12 rings (SSSR count). The Morgan fingerprint density at radius 1 is 0.429 bits per heavy atom. The predicted molar refractivity (Wildman–Crippen MR) is 201 cm³/mol. The highest BCUT2D eigenvalue weighted by atomic mass is 16.3. The van der Waals surface area contributed by atoms with Crippen LogP contribution in [0.5, 0.6) is 0 Å². The summed E-state index contributed by atoms with van der Waals surface area (Å²) in [6.07, 6.45) is 0. The summed E-state index contributed by atoms with van der Waals surface area (Å²) in [5.74, 6) is 0.634. The number of rotatable bonds is 2. The van der Waals surface area contributed by atoms with Gasteiger partial charge in [0.2, 0.25) is 5.95 Å². The lowest BCUT2D eigenvalue weighted by atomic mass is 10.0. The maximum absolute atomic E-state index is 6.53. The average molecular weight is 625 g/mol. The van der Waals surface area contributed by atoms with Gasteiger partial charge in [0.05, 0.1) is 38.8 Å². The molecular weight excluding hydrogens is 601 g/mol. The van der Waals surface area contributed by atoms with Gasteiger partial charge in [-0.3, -0.25) is 4.57 Å². The van der Waals surface area contributed by atoms with Gasteiger partial charge in [-0.25, -0.2) is 9.97 Å². The maximum atomic E-state index is 6.53. The summed E-state index contributed by atoms with van der Waals surface area (Å²) in [6, 6.07) is 51.5. The monoisotopic (exact) mass is 624 g/mol. The van der Waals surface area contributed by atoms with E-state index in [1.807, 2.05) is 18.2 Å². The second-order valence-corrected chi connectivity index (χ2v) is 12.9. The Balaban J connectivity index is 1.27. The number of nitrogens with zero attached hydrogens (tertiary/aromatic N) is 4. The zero-order chi connectivity index (χ0) is 31.8. The van der Waals surface area contributed by atoms with Gasteiger partial charge in [-0.1, -0.05) is 103 Å². The quantitative estimate of drug-likeness (QED) is 0.192. The van der Waals surface area contributed by atoms with E-state index in [4.69, 9.17) is 14.4 Å². The molecule has 5 heterocycles.